The van der Waals surface area contributed by atoms with E-state index in [2.05, 4.69) is 17.6 Å². The fourth-order valence-corrected chi connectivity index (χ4v) is 2.47. The molecule has 0 aliphatic rings. The van der Waals surface area contributed by atoms with E-state index in [1.54, 1.807) is 14.2 Å². The predicted octanol–water partition coefficient (Wildman–Crippen LogP) is 3.63. The van der Waals surface area contributed by atoms with Crippen molar-refractivity contribution in [2.75, 3.05) is 26.1 Å². The van der Waals surface area contributed by atoms with E-state index in [1.807, 2.05) is 42.5 Å². The lowest BCUT2D eigenvalue weighted by Crippen LogP contribution is -2.30. The van der Waals surface area contributed by atoms with Gasteiger partial charge in [-0.2, -0.15) is 0 Å². The molecule has 0 saturated heterocycles. The average Bonchev–Trinajstić information content (AvgIpc) is 2.62. The molecule has 2 amide bonds. The first kappa shape index (κ1) is 17.7. The monoisotopic (exact) mass is 328 g/mol. The molecule has 0 atom stereocenters. The van der Waals surface area contributed by atoms with Gasteiger partial charge in [0.25, 0.3) is 0 Å². The molecule has 0 heterocycles. The van der Waals surface area contributed by atoms with Gasteiger partial charge < -0.3 is 20.1 Å². The van der Waals surface area contributed by atoms with Crippen LogP contribution in [0.3, 0.4) is 0 Å². The van der Waals surface area contributed by atoms with Crippen LogP contribution < -0.4 is 20.1 Å². The standard InChI is InChI=1S/C19H24N2O3/c1-4-15-7-5-6-8-16(15)21-19(22)20-12-11-14-9-10-17(23-2)18(13-14)24-3/h5-10,13H,4,11-12H2,1-3H3,(H2,20,21,22). The summed E-state index contributed by atoms with van der Waals surface area (Å²) in [4.78, 5) is 12.0. The first-order valence-electron chi connectivity index (χ1n) is 8.01. The number of methoxy groups -OCH3 is 2. The summed E-state index contributed by atoms with van der Waals surface area (Å²) in [6.07, 6.45) is 1.59. The summed E-state index contributed by atoms with van der Waals surface area (Å²) in [5.41, 5.74) is 3.04. The van der Waals surface area contributed by atoms with Gasteiger partial charge in [-0.15, -0.1) is 0 Å². The molecule has 0 spiro atoms. The van der Waals surface area contributed by atoms with E-state index in [4.69, 9.17) is 9.47 Å². The van der Waals surface area contributed by atoms with E-state index in [0.717, 1.165) is 23.2 Å². The van der Waals surface area contributed by atoms with E-state index in [-0.39, 0.29) is 6.03 Å². The molecule has 2 rings (SSSR count). The third-order valence-electron chi connectivity index (χ3n) is 3.79. The van der Waals surface area contributed by atoms with Crippen molar-refractivity contribution in [1.29, 1.82) is 0 Å². The molecule has 0 saturated carbocycles. The number of para-hydroxylation sites is 1. The third-order valence-corrected chi connectivity index (χ3v) is 3.79. The number of anilines is 1. The molecule has 2 N–H and O–H groups in total. The highest BCUT2D eigenvalue weighted by atomic mass is 16.5. The Morgan fingerprint density at radius 3 is 2.50 bits per heavy atom. The number of benzene rings is 2. The fraction of sp³-hybridized carbons (Fsp3) is 0.316. The number of aryl methyl sites for hydroxylation is 1. The number of carbonyl (C=O) groups is 1. The van der Waals surface area contributed by atoms with Crippen LogP contribution in [0.1, 0.15) is 18.1 Å². The number of carbonyl (C=O) groups excluding carboxylic acids is 1. The second kappa shape index (κ2) is 8.82. The molecule has 0 aromatic heterocycles. The van der Waals surface area contributed by atoms with Gasteiger partial charge in [0.05, 0.1) is 14.2 Å². The van der Waals surface area contributed by atoms with Gasteiger partial charge in [-0.3, -0.25) is 0 Å². The smallest absolute Gasteiger partial charge is 0.319 e. The van der Waals surface area contributed by atoms with E-state index in [9.17, 15) is 4.79 Å². The van der Waals surface area contributed by atoms with Crippen molar-refractivity contribution < 1.29 is 14.3 Å². The number of amides is 2. The van der Waals surface area contributed by atoms with Gasteiger partial charge in [0.15, 0.2) is 11.5 Å². The van der Waals surface area contributed by atoms with Crippen molar-refractivity contribution in [3.8, 4) is 11.5 Å². The van der Waals surface area contributed by atoms with Crippen molar-refractivity contribution in [2.24, 2.45) is 0 Å². The van der Waals surface area contributed by atoms with Gasteiger partial charge >= 0.3 is 6.03 Å². The normalized spacial score (nSPS) is 10.1. The summed E-state index contributed by atoms with van der Waals surface area (Å²) < 4.78 is 10.5. The molecule has 24 heavy (non-hydrogen) atoms. The minimum Gasteiger partial charge on any atom is -0.493 e. The van der Waals surface area contributed by atoms with Gasteiger partial charge in [-0.1, -0.05) is 31.2 Å². The van der Waals surface area contributed by atoms with Crippen LogP contribution in [0.2, 0.25) is 0 Å². The van der Waals surface area contributed by atoms with Gasteiger partial charge in [-0.05, 0) is 42.2 Å². The third kappa shape index (κ3) is 4.65. The molecule has 0 bridgehead atoms. The highest BCUT2D eigenvalue weighted by Gasteiger charge is 2.07. The highest BCUT2D eigenvalue weighted by Crippen LogP contribution is 2.27. The van der Waals surface area contributed by atoms with Crippen molar-refractivity contribution in [3.63, 3.8) is 0 Å². The minimum atomic E-state index is -0.198. The fourth-order valence-electron chi connectivity index (χ4n) is 2.47. The summed E-state index contributed by atoms with van der Waals surface area (Å²) >= 11 is 0. The van der Waals surface area contributed by atoms with Gasteiger partial charge in [0.2, 0.25) is 0 Å². The number of ether oxygens (including phenoxy) is 2. The first-order chi connectivity index (χ1) is 11.7. The lowest BCUT2D eigenvalue weighted by Gasteiger charge is -2.12. The molecule has 0 radical (unpaired) electrons. The van der Waals surface area contributed by atoms with Crippen molar-refractivity contribution in [2.45, 2.75) is 19.8 Å². The van der Waals surface area contributed by atoms with E-state index in [0.29, 0.717) is 24.5 Å². The lowest BCUT2D eigenvalue weighted by molar-refractivity contribution is 0.252. The Labute approximate surface area is 143 Å². The van der Waals surface area contributed by atoms with Crippen LogP contribution in [0, 0.1) is 0 Å². The van der Waals surface area contributed by atoms with Crippen molar-refractivity contribution >= 4 is 11.7 Å². The van der Waals surface area contributed by atoms with Gasteiger partial charge in [-0.25, -0.2) is 4.79 Å². The van der Waals surface area contributed by atoms with E-state index < -0.39 is 0 Å². The molecular formula is C19H24N2O3. The van der Waals surface area contributed by atoms with Gasteiger partial charge in [0.1, 0.15) is 0 Å². The molecule has 2 aromatic rings. The van der Waals surface area contributed by atoms with Crippen LogP contribution in [0.5, 0.6) is 11.5 Å². The van der Waals surface area contributed by atoms with Crippen LogP contribution in [0.4, 0.5) is 10.5 Å². The number of hydrogen-bond donors (Lipinski definition) is 2. The Morgan fingerprint density at radius 2 is 1.79 bits per heavy atom. The molecule has 0 fully saturated rings. The number of nitrogens with one attached hydrogen (secondary N) is 2. The van der Waals surface area contributed by atoms with Crippen LogP contribution in [0.25, 0.3) is 0 Å². The zero-order chi connectivity index (χ0) is 17.4. The number of rotatable bonds is 7. The molecule has 0 aliphatic carbocycles. The van der Waals surface area contributed by atoms with Gasteiger partial charge in [0, 0.05) is 12.2 Å². The molecular weight excluding hydrogens is 304 g/mol. The first-order valence-corrected chi connectivity index (χ1v) is 8.01. The quantitative estimate of drug-likeness (QED) is 0.816. The van der Waals surface area contributed by atoms with E-state index >= 15 is 0 Å². The molecule has 0 unspecified atom stereocenters. The second-order valence-corrected chi connectivity index (χ2v) is 5.33. The highest BCUT2D eigenvalue weighted by molar-refractivity contribution is 5.90. The summed E-state index contributed by atoms with van der Waals surface area (Å²) in [6, 6.07) is 13.4. The van der Waals surface area contributed by atoms with Crippen molar-refractivity contribution in [3.05, 3.63) is 53.6 Å². The predicted molar refractivity (Wildman–Crippen MR) is 96.1 cm³/mol. The Bertz CT molecular complexity index is 686. The topological polar surface area (TPSA) is 59.6 Å². The Morgan fingerprint density at radius 1 is 1.04 bits per heavy atom. The SMILES string of the molecule is CCc1ccccc1NC(=O)NCCc1ccc(OC)c(OC)c1. The van der Waals surface area contributed by atoms with Crippen LogP contribution in [-0.4, -0.2) is 26.8 Å². The Hall–Kier alpha value is -2.69. The average molecular weight is 328 g/mol. The maximum atomic E-state index is 12.0. The van der Waals surface area contributed by atoms with Crippen molar-refractivity contribution in [1.82, 2.24) is 5.32 Å². The molecule has 2 aromatic carbocycles. The van der Waals surface area contributed by atoms with Crippen LogP contribution in [0.15, 0.2) is 42.5 Å². The largest absolute Gasteiger partial charge is 0.493 e. The van der Waals surface area contributed by atoms with Crippen LogP contribution >= 0.6 is 0 Å². The molecule has 0 aliphatic heterocycles. The number of urea groups is 1. The molecule has 5 heteroatoms. The second-order valence-electron chi connectivity index (χ2n) is 5.33. The van der Waals surface area contributed by atoms with E-state index in [1.165, 1.54) is 0 Å². The summed E-state index contributed by atoms with van der Waals surface area (Å²) in [7, 11) is 3.22. The lowest BCUT2D eigenvalue weighted by atomic mass is 10.1. The summed E-state index contributed by atoms with van der Waals surface area (Å²) in [6.45, 7) is 2.60. The maximum Gasteiger partial charge on any atom is 0.319 e. The number of hydrogen-bond acceptors (Lipinski definition) is 3. The Balaban J connectivity index is 1.86. The summed E-state index contributed by atoms with van der Waals surface area (Å²) in [5.74, 6) is 1.39. The zero-order valence-electron chi connectivity index (χ0n) is 14.4. The summed E-state index contributed by atoms with van der Waals surface area (Å²) in [5, 5.41) is 5.77. The molecule has 128 valence electrons. The van der Waals surface area contributed by atoms with Crippen LogP contribution in [-0.2, 0) is 12.8 Å². The molecule has 5 nitrogen and oxygen atoms in total. The maximum absolute atomic E-state index is 12.0. The zero-order valence-corrected chi connectivity index (χ0v) is 14.4. The Kier molecular flexibility index (Phi) is 6.49. The minimum absolute atomic E-state index is 0.198.